The molecular formula is C13H24N2S. The van der Waals surface area contributed by atoms with Crippen molar-refractivity contribution in [3.8, 4) is 0 Å². The van der Waals surface area contributed by atoms with Crippen LogP contribution in [0.25, 0.3) is 0 Å². The Balaban J connectivity index is 2.48. The summed E-state index contributed by atoms with van der Waals surface area (Å²) < 4.78 is 2.37. The first-order chi connectivity index (χ1) is 7.79. The molecule has 92 valence electrons. The molecule has 2 nitrogen and oxygen atoms in total. The van der Waals surface area contributed by atoms with Crippen molar-refractivity contribution in [1.29, 1.82) is 0 Å². The molecule has 1 N–H and O–H groups in total. The first-order valence-electron chi connectivity index (χ1n) is 6.25. The fraction of sp³-hybridized carbons (Fsp3) is 0.692. The standard InChI is InChI=1S/C13H24N2S/c1-4-8-14-12(3)13-7-6-9-15(13)10-11-16-5-2/h6-7,9,12,14H,4-5,8,10-11H2,1-3H3. The van der Waals surface area contributed by atoms with Crippen molar-refractivity contribution in [3.63, 3.8) is 0 Å². The van der Waals surface area contributed by atoms with Crippen LogP contribution in [-0.4, -0.2) is 22.6 Å². The van der Waals surface area contributed by atoms with Gasteiger partial charge in [0.1, 0.15) is 0 Å². The second-order valence-corrected chi connectivity index (χ2v) is 5.39. The summed E-state index contributed by atoms with van der Waals surface area (Å²) in [4.78, 5) is 0. The molecule has 1 heterocycles. The smallest absolute Gasteiger partial charge is 0.0446 e. The van der Waals surface area contributed by atoms with Gasteiger partial charge in [-0.25, -0.2) is 0 Å². The van der Waals surface area contributed by atoms with Gasteiger partial charge in [-0.1, -0.05) is 13.8 Å². The van der Waals surface area contributed by atoms with Crippen LogP contribution >= 0.6 is 11.8 Å². The Morgan fingerprint density at radius 2 is 2.25 bits per heavy atom. The summed E-state index contributed by atoms with van der Waals surface area (Å²) in [6.45, 7) is 8.88. The minimum atomic E-state index is 0.460. The average Bonchev–Trinajstić information content (AvgIpc) is 2.74. The van der Waals surface area contributed by atoms with E-state index in [-0.39, 0.29) is 0 Å². The van der Waals surface area contributed by atoms with Crippen molar-refractivity contribution in [2.24, 2.45) is 0 Å². The second kappa shape index (κ2) is 7.80. The van der Waals surface area contributed by atoms with Crippen molar-refractivity contribution >= 4 is 11.8 Å². The van der Waals surface area contributed by atoms with Crippen molar-refractivity contribution in [2.45, 2.75) is 39.8 Å². The van der Waals surface area contributed by atoms with E-state index in [1.807, 2.05) is 11.8 Å². The second-order valence-electron chi connectivity index (χ2n) is 4.00. The third kappa shape index (κ3) is 4.22. The molecule has 1 aromatic heterocycles. The molecule has 3 heteroatoms. The molecule has 1 unspecified atom stereocenters. The maximum atomic E-state index is 3.54. The Morgan fingerprint density at radius 1 is 1.44 bits per heavy atom. The van der Waals surface area contributed by atoms with Crippen molar-refractivity contribution in [2.75, 3.05) is 18.1 Å². The number of nitrogens with one attached hydrogen (secondary N) is 1. The van der Waals surface area contributed by atoms with Crippen molar-refractivity contribution in [1.82, 2.24) is 9.88 Å². The highest BCUT2D eigenvalue weighted by atomic mass is 32.2. The number of nitrogens with zero attached hydrogens (tertiary/aromatic N) is 1. The van der Waals surface area contributed by atoms with Gasteiger partial charge in [-0.2, -0.15) is 11.8 Å². The molecule has 1 atom stereocenters. The monoisotopic (exact) mass is 240 g/mol. The zero-order valence-corrected chi connectivity index (χ0v) is 11.5. The summed E-state index contributed by atoms with van der Waals surface area (Å²) in [5.74, 6) is 2.42. The molecule has 16 heavy (non-hydrogen) atoms. The number of hydrogen-bond donors (Lipinski definition) is 1. The van der Waals surface area contributed by atoms with Crippen LogP contribution in [0.2, 0.25) is 0 Å². The van der Waals surface area contributed by atoms with E-state index in [9.17, 15) is 0 Å². The molecule has 0 amide bonds. The van der Waals surface area contributed by atoms with E-state index in [2.05, 4.69) is 49.0 Å². The van der Waals surface area contributed by atoms with Gasteiger partial charge in [-0.15, -0.1) is 0 Å². The average molecular weight is 240 g/mol. The number of rotatable bonds is 8. The molecule has 0 bridgehead atoms. The number of aryl methyl sites for hydroxylation is 1. The highest BCUT2D eigenvalue weighted by Gasteiger charge is 2.08. The molecule has 1 aromatic rings. The van der Waals surface area contributed by atoms with E-state index < -0.39 is 0 Å². The lowest BCUT2D eigenvalue weighted by atomic mass is 10.2. The van der Waals surface area contributed by atoms with Gasteiger partial charge in [0.2, 0.25) is 0 Å². The fourth-order valence-corrected chi connectivity index (χ4v) is 2.41. The molecule has 0 radical (unpaired) electrons. The molecule has 0 spiro atoms. The SMILES string of the molecule is CCCNC(C)c1cccn1CCSCC. The van der Waals surface area contributed by atoms with Crippen LogP contribution in [0.4, 0.5) is 0 Å². The van der Waals surface area contributed by atoms with Crippen molar-refractivity contribution < 1.29 is 0 Å². The van der Waals surface area contributed by atoms with Crippen LogP contribution in [0.15, 0.2) is 18.3 Å². The minimum absolute atomic E-state index is 0.460. The van der Waals surface area contributed by atoms with Crippen LogP contribution in [0.3, 0.4) is 0 Å². The van der Waals surface area contributed by atoms with Crippen molar-refractivity contribution in [3.05, 3.63) is 24.0 Å². The van der Waals surface area contributed by atoms with Gasteiger partial charge < -0.3 is 9.88 Å². The first-order valence-corrected chi connectivity index (χ1v) is 7.41. The zero-order chi connectivity index (χ0) is 11.8. The molecule has 1 rings (SSSR count). The van der Waals surface area contributed by atoms with E-state index in [0.717, 1.165) is 13.1 Å². The molecule has 0 aliphatic rings. The lowest BCUT2D eigenvalue weighted by Crippen LogP contribution is -2.22. The van der Waals surface area contributed by atoms with E-state index >= 15 is 0 Å². The fourth-order valence-electron chi connectivity index (χ4n) is 1.80. The molecule has 0 aliphatic heterocycles. The summed E-state index contributed by atoms with van der Waals surface area (Å²) in [6.07, 6.45) is 3.38. The van der Waals surface area contributed by atoms with Gasteiger partial charge in [0, 0.05) is 30.2 Å². The Labute approximate surface area is 104 Å². The van der Waals surface area contributed by atoms with Crippen LogP contribution in [0.5, 0.6) is 0 Å². The van der Waals surface area contributed by atoms with Gasteiger partial charge in [-0.3, -0.25) is 0 Å². The van der Waals surface area contributed by atoms with E-state index in [0.29, 0.717) is 6.04 Å². The Bertz CT molecular complexity index is 283. The van der Waals surface area contributed by atoms with Crippen LogP contribution in [0, 0.1) is 0 Å². The van der Waals surface area contributed by atoms with E-state index in [1.54, 1.807) is 0 Å². The Morgan fingerprint density at radius 3 is 2.94 bits per heavy atom. The Hall–Kier alpha value is -0.410. The van der Waals surface area contributed by atoms with E-state index in [1.165, 1.54) is 23.6 Å². The topological polar surface area (TPSA) is 17.0 Å². The molecule has 0 fully saturated rings. The van der Waals surface area contributed by atoms with Crippen LogP contribution in [0.1, 0.15) is 38.9 Å². The van der Waals surface area contributed by atoms with Gasteiger partial charge >= 0.3 is 0 Å². The number of aromatic nitrogens is 1. The molecule has 0 aromatic carbocycles. The number of hydrogen-bond acceptors (Lipinski definition) is 2. The summed E-state index contributed by atoms with van der Waals surface area (Å²) in [7, 11) is 0. The third-order valence-electron chi connectivity index (χ3n) is 2.69. The van der Waals surface area contributed by atoms with E-state index in [4.69, 9.17) is 0 Å². The summed E-state index contributed by atoms with van der Waals surface area (Å²) in [5, 5.41) is 3.54. The molecule has 0 saturated heterocycles. The summed E-state index contributed by atoms with van der Waals surface area (Å²) in [5.41, 5.74) is 1.41. The highest BCUT2D eigenvalue weighted by molar-refractivity contribution is 7.99. The highest BCUT2D eigenvalue weighted by Crippen LogP contribution is 2.14. The van der Waals surface area contributed by atoms with Gasteiger partial charge in [0.05, 0.1) is 0 Å². The lowest BCUT2D eigenvalue weighted by molar-refractivity contribution is 0.532. The maximum Gasteiger partial charge on any atom is 0.0446 e. The lowest BCUT2D eigenvalue weighted by Gasteiger charge is -2.16. The molecule has 0 aliphatic carbocycles. The molecular weight excluding hydrogens is 216 g/mol. The largest absolute Gasteiger partial charge is 0.349 e. The van der Waals surface area contributed by atoms with Gasteiger partial charge in [0.15, 0.2) is 0 Å². The minimum Gasteiger partial charge on any atom is -0.349 e. The van der Waals surface area contributed by atoms with Gasteiger partial charge in [-0.05, 0) is 37.8 Å². The maximum absolute atomic E-state index is 3.54. The Kier molecular flexibility index (Phi) is 6.65. The predicted octanol–water partition coefficient (Wildman–Crippen LogP) is 3.30. The predicted molar refractivity (Wildman–Crippen MR) is 74.1 cm³/mol. The third-order valence-corrected chi connectivity index (χ3v) is 3.57. The molecule has 0 saturated carbocycles. The first kappa shape index (κ1) is 13.7. The van der Waals surface area contributed by atoms with Crippen LogP contribution in [-0.2, 0) is 6.54 Å². The number of thioether (sulfide) groups is 1. The van der Waals surface area contributed by atoms with Gasteiger partial charge in [0.25, 0.3) is 0 Å². The van der Waals surface area contributed by atoms with Crippen LogP contribution < -0.4 is 5.32 Å². The summed E-state index contributed by atoms with van der Waals surface area (Å²) >= 11 is 2.00. The quantitative estimate of drug-likeness (QED) is 0.702. The zero-order valence-electron chi connectivity index (χ0n) is 10.7. The summed E-state index contributed by atoms with van der Waals surface area (Å²) in [6, 6.07) is 4.83. The normalized spacial score (nSPS) is 12.9.